The average Bonchev–Trinajstić information content (AvgIpc) is 3.32. The van der Waals surface area contributed by atoms with Crippen LogP contribution < -0.4 is 5.32 Å². The zero-order valence-corrected chi connectivity index (χ0v) is 17.9. The van der Waals surface area contributed by atoms with Gasteiger partial charge in [-0.2, -0.15) is 9.78 Å². The number of benzene rings is 2. The molecule has 0 saturated carbocycles. The Morgan fingerprint density at radius 2 is 1.80 bits per heavy atom. The summed E-state index contributed by atoms with van der Waals surface area (Å²) in [5.41, 5.74) is 0.728. The summed E-state index contributed by atoms with van der Waals surface area (Å²) < 4.78 is 1.27. The highest BCUT2D eigenvalue weighted by atomic mass is 16.3. The summed E-state index contributed by atoms with van der Waals surface area (Å²) in [6.07, 6.45) is 7.49. The van der Waals surface area contributed by atoms with Gasteiger partial charge in [0.25, 0.3) is 17.5 Å². The first-order valence-electron chi connectivity index (χ1n) is 10.3. The summed E-state index contributed by atoms with van der Waals surface area (Å²) in [5.74, 6) is -0.594. The minimum absolute atomic E-state index is 0.0137. The van der Waals surface area contributed by atoms with Gasteiger partial charge in [-0.15, -0.1) is 10.2 Å². The van der Waals surface area contributed by atoms with Crippen LogP contribution in [0.4, 0.5) is 22.9 Å². The van der Waals surface area contributed by atoms with Crippen LogP contribution in [-0.2, 0) is 0 Å². The van der Waals surface area contributed by atoms with E-state index in [4.69, 9.17) is 6.57 Å². The van der Waals surface area contributed by atoms with Gasteiger partial charge in [-0.1, -0.05) is 24.3 Å². The SMILES string of the molecule is [C-]#[N+]c1cnn(-c2ncccn2)c1/N=N/c1c(O)c(C(=O)Nc2ccncc2)cc2ccccc12. The van der Waals surface area contributed by atoms with Crippen LogP contribution in [-0.4, -0.2) is 35.7 Å². The van der Waals surface area contributed by atoms with Gasteiger partial charge in [0.05, 0.1) is 18.3 Å². The number of nitrogens with one attached hydrogen (secondary N) is 1. The smallest absolute Gasteiger partial charge is 0.259 e. The van der Waals surface area contributed by atoms with E-state index < -0.39 is 5.91 Å². The third kappa shape index (κ3) is 4.14. The van der Waals surface area contributed by atoms with E-state index in [2.05, 4.69) is 40.4 Å². The molecule has 0 bridgehead atoms. The molecule has 0 atom stereocenters. The summed E-state index contributed by atoms with van der Waals surface area (Å²) in [6.45, 7) is 7.44. The number of azo groups is 1. The van der Waals surface area contributed by atoms with E-state index in [1.807, 2.05) is 6.07 Å². The maximum Gasteiger partial charge on any atom is 0.259 e. The maximum atomic E-state index is 13.0. The monoisotopic (exact) mass is 461 g/mol. The number of carbonyl (C=O) groups is 1. The second-order valence-electron chi connectivity index (χ2n) is 7.16. The van der Waals surface area contributed by atoms with E-state index in [-0.39, 0.29) is 34.5 Å². The lowest BCUT2D eigenvalue weighted by atomic mass is 10.0. The maximum absolute atomic E-state index is 13.0. The fourth-order valence-electron chi connectivity index (χ4n) is 3.38. The van der Waals surface area contributed by atoms with Gasteiger partial charge in [-0.3, -0.25) is 9.78 Å². The molecule has 3 aromatic heterocycles. The van der Waals surface area contributed by atoms with Crippen LogP contribution >= 0.6 is 0 Å². The van der Waals surface area contributed by atoms with Gasteiger partial charge in [-0.25, -0.2) is 14.8 Å². The molecule has 168 valence electrons. The molecule has 0 fully saturated rings. The number of amides is 1. The number of rotatable bonds is 5. The van der Waals surface area contributed by atoms with E-state index in [9.17, 15) is 9.90 Å². The highest BCUT2D eigenvalue weighted by Crippen LogP contribution is 2.40. The Balaban J connectivity index is 1.61. The van der Waals surface area contributed by atoms with Crippen molar-refractivity contribution in [2.45, 2.75) is 0 Å². The first kappa shape index (κ1) is 21.4. The number of aromatic hydroxyl groups is 1. The fourth-order valence-corrected chi connectivity index (χ4v) is 3.38. The van der Waals surface area contributed by atoms with Crippen LogP contribution in [0.5, 0.6) is 5.75 Å². The summed E-state index contributed by atoms with van der Waals surface area (Å²) in [6, 6.07) is 13.6. The summed E-state index contributed by atoms with van der Waals surface area (Å²) in [4.78, 5) is 28.6. The van der Waals surface area contributed by atoms with Crippen molar-refractivity contribution in [2.24, 2.45) is 10.2 Å². The number of nitrogens with zero attached hydrogens (tertiary/aromatic N) is 8. The van der Waals surface area contributed by atoms with Crippen molar-refractivity contribution in [1.29, 1.82) is 0 Å². The molecule has 5 rings (SSSR count). The number of phenolic OH excluding ortho intramolecular Hbond substituents is 1. The van der Waals surface area contributed by atoms with Gasteiger partial charge >= 0.3 is 0 Å². The number of phenols is 1. The molecule has 0 radical (unpaired) electrons. The topological polar surface area (TPSA) is 135 Å². The summed E-state index contributed by atoms with van der Waals surface area (Å²) >= 11 is 0. The number of fused-ring (bicyclic) bond motifs is 1. The number of hydrogen-bond donors (Lipinski definition) is 2. The minimum atomic E-state index is -0.527. The van der Waals surface area contributed by atoms with E-state index in [0.29, 0.717) is 16.5 Å². The van der Waals surface area contributed by atoms with Gasteiger partial charge in [0.15, 0.2) is 11.6 Å². The minimum Gasteiger partial charge on any atom is -0.505 e. The molecule has 2 N–H and O–H groups in total. The van der Waals surface area contributed by atoms with Gasteiger partial charge in [0, 0.05) is 35.9 Å². The number of aromatic nitrogens is 5. The Kier molecular flexibility index (Phi) is 5.59. The molecule has 0 unspecified atom stereocenters. The van der Waals surface area contributed by atoms with Crippen LogP contribution in [0.2, 0.25) is 0 Å². The molecule has 1 amide bonds. The molecule has 0 aliphatic carbocycles. The van der Waals surface area contributed by atoms with Crippen LogP contribution in [0.15, 0.2) is 89.7 Å². The molecule has 5 aromatic rings. The fraction of sp³-hybridized carbons (Fsp3) is 0. The Morgan fingerprint density at radius 3 is 2.57 bits per heavy atom. The van der Waals surface area contributed by atoms with E-state index >= 15 is 0 Å². The van der Waals surface area contributed by atoms with Crippen molar-refractivity contribution in [2.75, 3.05) is 5.32 Å². The van der Waals surface area contributed by atoms with Crippen LogP contribution in [0, 0.1) is 6.57 Å². The predicted octanol–water partition coefficient (Wildman–Crippen LogP) is 5.13. The Hall–Kier alpha value is -5.50. The Morgan fingerprint density at radius 1 is 1.03 bits per heavy atom. The standard InChI is InChI=1S/C24H15N9O2/c1-25-19-14-29-33(24-27-9-4-10-28-24)22(19)32-31-20-17-6-3-2-5-15(17)13-18(21(20)34)23(35)30-16-7-11-26-12-8-16/h2-14,34H,(H,26,30,35)/b32-31+. The van der Waals surface area contributed by atoms with E-state index in [1.165, 1.54) is 23.3 Å². The zero-order chi connectivity index (χ0) is 24.2. The molecule has 2 aromatic carbocycles. The lowest BCUT2D eigenvalue weighted by molar-refractivity contribution is 0.102. The van der Waals surface area contributed by atoms with Crippen molar-refractivity contribution in [3.8, 4) is 11.7 Å². The average molecular weight is 461 g/mol. The lowest BCUT2D eigenvalue weighted by Gasteiger charge is -2.11. The largest absolute Gasteiger partial charge is 0.505 e. The molecule has 11 heteroatoms. The summed E-state index contributed by atoms with van der Waals surface area (Å²) in [5, 5.41) is 27.6. The molecule has 11 nitrogen and oxygen atoms in total. The van der Waals surface area contributed by atoms with Gasteiger partial charge in [0.1, 0.15) is 5.69 Å². The highest BCUT2D eigenvalue weighted by molar-refractivity contribution is 6.11. The number of pyridine rings is 1. The van der Waals surface area contributed by atoms with Crippen LogP contribution in [0.1, 0.15) is 10.4 Å². The number of hydrogen-bond acceptors (Lipinski definition) is 8. The third-order valence-electron chi connectivity index (χ3n) is 5.01. The normalized spacial score (nSPS) is 10.9. The van der Waals surface area contributed by atoms with Crippen molar-refractivity contribution in [3.05, 3.63) is 96.5 Å². The van der Waals surface area contributed by atoms with Crippen molar-refractivity contribution < 1.29 is 9.90 Å². The van der Waals surface area contributed by atoms with E-state index in [1.54, 1.807) is 54.9 Å². The molecular formula is C24H15N9O2. The predicted molar refractivity (Wildman–Crippen MR) is 127 cm³/mol. The highest BCUT2D eigenvalue weighted by Gasteiger charge is 2.20. The number of carbonyl (C=O) groups excluding carboxylic acids is 1. The zero-order valence-electron chi connectivity index (χ0n) is 17.9. The second kappa shape index (κ2) is 9.16. The Labute approximate surface area is 198 Å². The molecule has 0 aliphatic rings. The molecule has 35 heavy (non-hydrogen) atoms. The van der Waals surface area contributed by atoms with Crippen LogP contribution in [0.3, 0.4) is 0 Å². The van der Waals surface area contributed by atoms with Gasteiger partial charge in [-0.05, 0) is 29.7 Å². The van der Waals surface area contributed by atoms with Gasteiger partial charge < -0.3 is 10.4 Å². The molecular weight excluding hydrogens is 446 g/mol. The first-order chi connectivity index (χ1) is 17.2. The van der Waals surface area contributed by atoms with Gasteiger partial charge in [0.2, 0.25) is 0 Å². The molecule has 0 aliphatic heterocycles. The first-order valence-corrected chi connectivity index (χ1v) is 10.3. The molecule has 0 saturated heterocycles. The van der Waals surface area contributed by atoms with Crippen molar-refractivity contribution >= 4 is 39.6 Å². The molecule has 3 heterocycles. The van der Waals surface area contributed by atoms with Crippen molar-refractivity contribution in [3.63, 3.8) is 0 Å². The lowest BCUT2D eigenvalue weighted by Crippen LogP contribution is -2.12. The third-order valence-corrected chi connectivity index (χ3v) is 5.01. The Bertz CT molecular complexity index is 1610. The second-order valence-corrected chi connectivity index (χ2v) is 7.16. The molecule has 0 spiro atoms. The van der Waals surface area contributed by atoms with E-state index in [0.717, 1.165) is 0 Å². The van der Waals surface area contributed by atoms with Crippen molar-refractivity contribution in [1.82, 2.24) is 24.7 Å². The van der Waals surface area contributed by atoms with Crippen LogP contribution in [0.25, 0.3) is 21.6 Å². The number of anilines is 1. The quantitative estimate of drug-likeness (QED) is 0.275. The summed E-state index contributed by atoms with van der Waals surface area (Å²) in [7, 11) is 0.